The van der Waals surface area contributed by atoms with E-state index < -0.39 is 17.7 Å². The normalized spacial score (nSPS) is 17.9. The number of fused-ring (bicyclic) bond motifs is 2. The second-order valence-electron chi connectivity index (χ2n) is 9.41. The average Bonchev–Trinajstić information content (AvgIpc) is 3.50. The second kappa shape index (κ2) is 10.8. The van der Waals surface area contributed by atoms with Gasteiger partial charge in [0, 0.05) is 10.6 Å². The largest absolute Gasteiger partial charge is 0.507 e. The molecular weight excluding hydrogens is 552 g/mol. The van der Waals surface area contributed by atoms with Crippen molar-refractivity contribution in [1.82, 2.24) is 4.98 Å². The fourth-order valence-electron chi connectivity index (χ4n) is 4.79. The van der Waals surface area contributed by atoms with E-state index >= 15 is 0 Å². The quantitative estimate of drug-likeness (QED) is 0.116. The third-order valence-electron chi connectivity index (χ3n) is 6.75. The number of aliphatic hydroxyl groups excluding tert-OH is 1. The fraction of sp³-hybridized carbons (Fsp3) is 0.233. The monoisotopic (exact) mass is 576 g/mol. The zero-order valence-electron chi connectivity index (χ0n) is 21.6. The summed E-state index contributed by atoms with van der Waals surface area (Å²) >= 11 is 7.43. The van der Waals surface area contributed by atoms with E-state index in [0.717, 1.165) is 17.5 Å². The molecule has 1 N–H and O–H groups in total. The molecule has 0 unspecified atom stereocenters. The molecule has 1 atom stereocenters. The third kappa shape index (κ3) is 4.76. The zero-order chi connectivity index (χ0) is 27.8. The fourth-order valence-corrected chi connectivity index (χ4v) is 6.06. The number of aliphatic hydroxyl groups is 1. The highest BCUT2D eigenvalue weighted by Crippen LogP contribution is 2.45. The Hall–Kier alpha value is -4.08. The molecule has 3 heterocycles. The Morgan fingerprint density at radius 3 is 2.75 bits per heavy atom. The molecule has 2 aliphatic heterocycles. The van der Waals surface area contributed by atoms with Gasteiger partial charge in [-0.3, -0.25) is 14.5 Å². The first-order valence-electron chi connectivity index (χ1n) is 12.9. The molecule has 0 spiro atoms. The van der Waals surface area contributed by atoms with Gasteiger partial charge in [0.1, 0.15) is 24.7 Å². The number of ether oxygens (including phenoxy) is 3. The molecule has 6 rings (SSSR count). The van der Waals surface area contributed by atoms with Crippen LogP contribution in [0.3, 0.4) is 0 Å². The Bertz CT molecular complexity index is 1670. The predicted molar refractivity (Wildman–Crippen MR) is 154 cm³/mol. The molecule has 204 valence electrons. The summed E-state index contributed by atoms with van der Waals surface area (Å²) in [4.78, 5) is 33.2. The van der Waals surface area contributed by atoms with Crippen molar-refractivity contribution < 1.29 is 28.9 Å². The summed E-state index contributed by atoms with van der Waals surface area (Å²) in [6.45, 7) is 3.41. The van der Waals surface area contributed by atoms with Crippen LogP contribution in [0, 0.1) is 0 Å². The molecule has 2 aliphatic rings. The molecule has 3 aromatic carbocycles. The Kier molecular flexibility index (Phi) is 7.08. The number of anilines is 1. The van der Waals surface area contributed by atoms with E-state index in [4.69, 9.17) is 25.8 Å². The number of aromatic nitrogens is 1. The van der Waals surface area contributed by atoms with Gasteiger partial charge >= 0.3 is 5.91 Å². The van der Waals surface area contributed by atoms with Crippen LogP contribution >= 0.6 is 22.9 Å². The van der Waals surface area contributed by atoms with Crippen molar-refractivity contribution in [3.8, 4) is 17.2 Å². The Balaban J connectivity index is 1.50. The van der Waals surface area contributed by atoms with E-state index in [0.29, 0.717) is 63.9 Å². The lowest BCUT2D eigenvalue weighted by atomic mass is 9.95. The van der Waals surface area contributed by atoms with Gasteiger partial charge in [0.2, 0.25) is 0 Å². The standard InChI is InChI=1S/C30H25ClN2O6S/c1-2-3-11-37-20-6-4-5-17(14-20)26-25(27(34)18-7-10-22-23(15-18)39-13-12-38-22)28(35)29(36)33(26)30-32-21-9-8-19(31)16-24(21)40-30/h4-10,14-16,26,34H,2-3,11-13H2,1H3/b27-25+/t26-/m1/s1. The molecule has 8 nitrogen and oxygen atoms in total. The molecule has 1 amide bonds. The zero-order valence-corrected chi connectivity index (χ0v) is 23.1. The van der Waals surface area contributed by atoms with Gasteiger partial charge in [-0.15, -0.1) is 0 Å². The molecule has 0 radical (unpaired) electrons. The van der Waals surface area contributed by atoms with Crippen LogP contribution in [-0.2, 0) is 9.59 Å². The number of ketones is 1. The van der Waals surface area contributed by atoms with Crippen LogP contribution in [0.1, 0.15) is 36.9 Å². The molecule has 40 heavy (non-hydrogen) atoms. The molecule has 1 aromatic heterocycles. The summed E-state index contributed by atoms with van der Waals surface area (Å²) in [6, 6.07) is 16.4. The number of amides is 1. The number of unbranched alkanes of at least 4 members (excludes halogenated alkanes) is 1. The van der Waals surface area contributed by atoms with E-state index in [1.165, 1.54) is 16.2 Å². The Labute approximate surface area is 239 Å². The van der Waals surface area contributed by atoms with E-state index in [-0.39, 0.29) is 11.3 Å². The van der Waals surface area contributed by atoms with Crippen molar-refractivity contribution in [1.29, 1.82) is 0 Å². The number of carbonyl (C=O) groups excluding carboxylic acids is 2. The van der Waals surface area contributed by atoms with Gasteiger partial charge in [0.15, 0.2) is 16.6 Å². The van der Waals surface area contributed by atoms with Gasteiger partial charge in [-0.1, -0.05) is 48.4 Å². The summed E-state index contributed by atoms with van der Waals surface area (Å²) < 4.78 is 18.0. The van der Waals surface area contributed by atoms with E-state index in [2.05, 4.69) is 11.9 Å². The maximum Gasteiger partial charge on any atom is 0.301 e. The van der Waals surface area contributed by atoms with E-state index in [9.17, 15) is 14.7 Å². The highest BCUT2D eigenvalue weighted by molar-refractivity contribution is 7.22. The van der Waals surface area contributed by atoms with Crippen LogP contribution in [0.5, 0.6) is 17.2 Å². The van der Waals surface area contributed by atoms with Crippen molar-refractivity contribution in [2.24, 2.45) is 0 Å². The van der Waals surface area contributed by atoms with Crippen LogP contribution < -0.4 is 19.1 Å². The lowest BCUT2D eigenvalue weighted by molar-refractivity contribution is -0.132. The highest BCUT2D eigenvalue weighted by Gasteiger charge is 2.48. The number of rotatable bonds is 7. The van der Waals surface area contributed by atoms with E-state index in [1.807, 2.05) is 6.07 Å². The smallest absolute Gasteiger partial charge is 0.301 e. The van der Waals surface area contributed by atoms with Crippen LogP contribution in [0.25, 0.3) is 16.0 Å². The number of hydrogen-bond donors (Lipinski definition) is 1. The van der Waals surface area contributed by atoms with Crippen LogP contribution in [0.4, 0.5) is 5.13 Å². The molecule has 10 heteroatoms. The molecular formula is C30H25ClN2O6S. The van der Waals surface area contributed by atoms with Crippen molar-refractivity contribution >= 4 is 55.7 Å². The SMILES string of the molecule is CCCCOc1cccc([C@@H]2/C(=C(\O)c3ccc4c(c3)OCCO4)C(=O)C(=O)N2c2nc3ccc(Cl)cc3s2)c1. The van der Waals surface area contributed by atoms with Gasteiger partial charge in [0.25, 0.3) is 5.78 Å². The summed E-state index contributed by atoms with van der Waals surface area (Å²) in [5, 5.41) is 12.4. The van der Waals surface area contributed by atoms with E-state index in [1.54, 1.807) is 54.6 Å². The highest BCUT2D eigenvalue weighted by atomic mass is 35.5. The van der Waals surface area contributed by atoms with Gasteiger partial charge in [-0.05, 0) is 60.5 Å². The number of thiazole rings is 1. The van der Waals surface area contributed by atoms with Gasteiger partial charge in [0.05, 0.1) is 28.4 Å². The van der Waals surface area contributed by atoms with Crippen molar-refractivity contribution in [2.45, 2.75) is 25.8 Å². The van der Waals surface area contributed by atoms with Crippen LogP contribution in [0.2, 0.25) is 5.02 Å². The lowest BCUT2D eigenvalue weighted by Gasteiger charge is -2.24. The minimum atomic E-state index is -0.945. The van der Waals surface area contributed by atoms with Crippen molar-refractivity contribution in [2.75, 3.05) is 24.7 Å². The molecule has 0 saturated carbocycles. The third-order valence-corrected chi connectivity index (χ3v) is 8.00. The lowest BCUT2D eigenvalue weighted by Crippen LogP contribution is -2.29. The number of Topliss-reactive ketones (excluding diaryl/α,β-unsaturated/α-hetero) is 1. The minimum Gasteiger partial charge on any atom is -0.507 e. The number of nitrogens with zero attached hydrogens (tertiary/aromatic N) is 2. The van der Waals surface area contributed by atoms with Crippen LogP contribution in [-0.4, -0.2) is 41.6 Å². The van der Waals surface area contributed by atoms with Gasteiger partial charge in [-0.2, -0.15) is 0 Å². The minimum absolute atomic E-state index is 0.0512. The number of halogens is 1. The first-order valence-corrected chi connectivity index (χ1v) is 14.1. The Morgan fingerprint density at radius 1 is 1.10 bits per heavy atom. The first-order chi connectivity index (χ1) is 19.4. The molecule has 4 aromatic rings. The topological polar surface area (TPSA) is 98.2 Å². The van der Waals surface area contributed by atoms with Crippen molar-refractivity contribution in [3.63, 3.8) is 0 Å². The summed E-state index contributed by atoms with van der Waals surface area (Å²) in [5.74, 6) is -0.310. The summed E-state index contributed by atoms with van der Waals surface area (Å²) in [5.41, 5.74) is 1.53. The maximum atomic E-state index is 13.6. The molecule has 1 saturated heterocycles. The summed E-state index contributed by atoms with van der Waals surface area (Å²) in [7, 11) is 0. The van der Waals surface area contributed by atoms with Crippen LogP contribution in [0.15, 0.2) is 66.2 Å². The van der Waals surface area contributed by atoms with Gasteiger partial charge in [-0.25, -0.2) is 4.98 Å². The second-order valence-corrected chi connectivity index (χ2v) is 10.9. The van der Waals surface area contributed by atoms with Gasteiger partial charge < -0.3 is 19.3 Å². The number of hydrogen-bond acceptors (Lipinski definition) is 8. The predicted octanol–water partition coefficient (Wildman–Crippen LogP) is 6.53. The molecule has 0 bridgehead atoms. The average molecular weight is 577 g/mol. The molecule has 1 fully saturated rings. The first kappa shape index (κ1) is 26.2. The maximum absolute atomic E-state index is 13.6. The Morgan fingerprint density at radius 2 is 1.93 bits per heavy atom. The number of carbonyl (C=O) groups is 2. The molecule has 0 aliphatic carbocycles. The van der Waals surface area contributed by atoms with Crippen molar-refractivity contribution in [3.05, 3.63) is 82.4 Å². The summed E-state index contributed by atoms with van der Waals surface area (Å²) in [6.07, 6.45) is 1.87. The number of benzene rings is 3.